The van der Waals surface area contributed by atoms with E-state index in [2.05, 4.69) is 0 Å². The van der Waals surface area contributed by atoms with Gasteiger partial charge in [0.05, 0.1) is 45.8 Å². The van der Waals surface area contributed by atoms with Crippen LogP contribution >= 0.6 is 0 Å². The zero-order valence-electron chi connectivity index (χ0n) is 19.4. The van der Waals surface area contributed by atoms with Crippen molar-refractivity contribution < 1.29 is 28.8 Å². The van der Waals surface area contributed by atoms with Crippen LogP contribution in [0.15, 0.2) is 59.7 Å². The maximum Gasteiger partial charge on any atom is 0.217 e. The molecule has 0 spiro atoms. The van der Waals surface area contributed by atoms with E-state index >= 15 is 0 Å². The number of hydrogen-bond donors (Lipinski definition) is 1. The lowest BCUT2D eigenvalue weighted by atomic mass is 9.95. The molecule has 8 heteroatoms. The van der Waals surface area contributed by atoms with Crippen molar-refractivity contribution in [1.29, 1.82) is 0 Å². The molecule has 0 aromatic heterocycles. The molecule has 176 valence electrons. The minimum Gasteiger partial charge on any atom is -0.507 e. The summed E-state index contributed by atoms with van der Waals surface area (Å²) < 4.78 is 28.6. The molecule has 0 amide bonds. The number of ether oxygens (including phenoxy) is 5. The first kappa shape index (κ1) is 21.8. The highest BCUT2D eigenvalue weighted by Gasteiger charge is 2.43. The molecule has 0 bridgehead atoms. The predicted octanol–water partition coefficient (Wildman–Crippen LogP) is 4.67. The number of rotatable bonds is 6. The number of hydrazone groups is 1. The fourth-order valence-electron chi connectivity index (χ4n) is 4.52. The number of phenolic OH excluding ortho intramolecular Hbond substituents is 1. The van der Waals surface area contributed by atoms with E-state index in [-0.39, 0.29) is 11.8 Å². The Morgan fingerprint density at radius 2 is 1.59 bits per heavy atom. The molecule has 2 heterocycles. The first-order valence-corrected chi connectivity index (χ1v) is 10.9. The van der Waals surface area contributed by atoms with Crippen molar-refractivity contribution in [3.05, 3.63) is 71.3 Å². The zero-order chi connectivity index (χ0) is 23.8. The molecule has 2 atom stereocenters. The lowest BCUT2D eigenvalue weighted by Gasteiger charge is -2.39. The molecule has 1 N–H and O–H groups in total. The van der Waals surface area contributed by atoms with Gasteiger partial charge in [0.25, 0.3) is 0 Å². The SMILES string of the molecule is COc1ccc(O)c(C2=NN3[C@H](C2)c2cccc(OC)c2O[C@@H]3c2cc(OC)ccc2OC)c1. The van der Waals surface area contributed by atoms with Gasteiger partial charge in [-0.3, -0.25) is 0 Å². The normalized spacial score (nSPS) is 18.4. The Balaban J connectivity index is 1.67. The molecule has 2 aliphatic rings. The molecule has 0 radical (unpaired) electrons. The second kappa shape index (κ2) is 8.70. The van der Waals surface area contributed by atoms with Gasteiger partial charge in [-0.1, -0.05) is 12.1 Å². The van der Waals surface area contributed by atoms with Gasteiger partial charge in [0.15, 0.2) is 11.5 Å². The van der Waals surface area contributed by atoms with Gasteiger partial charge >= 0.3 is 0 Å². The molecular formula is C26H26N2O6. The summed E-state index contributed by atoms with van der Waals surface area (Å²) >= 11 is 0. The third kappa shape index (κ3) is 3.51. The summed E-state index contributed by atoms with van der Waals surface area (Å²) in [5.74, 6) is 3.41. The summed E-state index contributed by atoms with van der Waals surface area (Å²) in [4.78, 5) is 0. The van der Waals surface area contributed by atoms with E-state index in [0.29, 0.717) is 40.7 Å². The van der Waals surface area contributed by atoms with Crippen molar-refractivity contribution in [2.24, 2.45) is 5.10 Å². The smallest absolute Gasteiger partial charge is 0.217 e. The van der Waals surface area contributed by atoms with Crippen molar-refractivity contribution in [1.82, 2.24) is 5.01 Å². The maximum atomic E-state index is 10.6. The van der Waals surface area contributed by atoms with Crippen LogP contribution < -0.4 is 23.7 Å². The molecular weight excluding hydrogens is 436 g/mol. The van der Waals surface area contributed by atoms with Gasteiger partial charge in [0.1, 0.15) is 23.0 Å². The number of hydrogen-bond acceptors (Lipinski definition) is 8. The number of fused-ring (bicyclic) bond motifs is 3. The number of phenols is 1. The van der Waals surface area contributed by atoms with Crippen LogP contribution in [0.25, 0.3) is 0 Å². The van der Waals surface area contributed by atoms with Crippen molar-refractivity contribution in [2.45, 2.75) is 18.7 Å². The van der Waals surface area contributed by atoms with Gasteiger partial charge in [-0.05, 0) is 42.5 Å². The van der Waals surface area contributed by atoms with Crippen molar-refractivity contribution in [3.8, 4) is 34.5 Å². The van der Waals surface area contributed by atoms with E-state index in [1.807, 2.05) is 41.4 Å². The van der Waals surface area contributed by atoms with Crippen LogP contribution in [0.3, 0.4) is 0 Å². The number of methoxy groups -OCH3 is 4. The quantitative estimate of drug-likeness (QED) is 0.570. The summed E-state index contributed by atoms with van der Waals surface area (Å²) in [5, 5.41) is 17.4. The monoisotopic (exact) mass is 462 g/mol. The lowest BCUT2D eigenvalue weighted by molar-refractivity contribution is -0.0223. The second-order valence-corrected chi connectivity index (χ2v) is 7.99. The molecule has 0 aliphatic carbocycles. The van der Waals surface area contributed by atoms with Gasteiger partial charge in [0, 0.05) is 17.5 Å². The van der Waals surface area contributed by atoms with Crippen molar-refractivity contribution in [3.63, 3.8) is 0 Å². The largest absolute Gasteiger partial charge is 0.507 e. The van der Waals surface area contributed by atoms with Crippen LogP contribution in [0.4, 0.5) is 0 Å². The molecule has 34 heavy (non-hydrogen) atoms. The molecule has 0 unspecified atom stereocenters. The fourth-order valence-corrected chi connectivity index (χ4v) is 4.52. The Bertz CT molecular complexity index is 1260. The minimum absolute atomic E-state index is 0.139. The number of aromatic hydroxyl groups is 1. The summed E-state index contributed by atoms with van der Waals surface area (Å²) in [6.45, 7) is 0. The highest BCUT2D eigenvalue weighted by molar-refractivity contribution is 6.04. The molecule has 5 rings (SSSR count). The first-order valence-electron chi connectivity index (χ1n) is 10.9. The molecule has 0 fully saturated rings. The summed E-state index contributed by atoms with van der Waals surface area (Å²) in [7, 11) is 6.45. The van der Waals surface area contributed by atoms with Crippen LogP contribution in [0.5, 0.6) is 34.5 Å². The van der Waals surface area contributed by atoms with Gasteiger partial charge < -0.3 is 28.8 Å². The average molecular weight is 463 g/mol. The van der Waals surface area contributed by atoms with Crippen LogP contribution in [-0.4, -0.2) is 44.3 Å². The summed E-state index contributed by atoms with van der Waals surface area (Å²) in [6, 6.07) is 16.4. The van der Waals surface area contributed by atoms with Crippen molar-refractivity contribution >= 4 is 5.71 Å². The Morgan fingerprint density at radius 3 is 2.32 bits per heavy atom. The summed E-state index contributed by atoms with van der Waals surface area (Å²) in [5.41, 5.74) is 3.07. The Morgan fingerprint density at radius 1 is 0.853 bits per heavy atom. The fraction of sp³-hybridized carbons (Fsp3) is 0.269. The van der Waals surface area contributed by atoms with E-state index < -0.39 is 6.23 Å². The topological polar surface area (TPSA) is 82.0 Å². The number of para-hydroxylation sites is 1. The molecule has 8 nitrogen and oxygen atoms in total. The van der Waals surface area contributed by atoms with E-state index in [0.717, 1.165) is 16.8 Å². The zero-order valence-corrected chi connectivity index (χ0v) is 19.4. The second-order valence-electron chi connectivity index (χ2n) is 7.99. The lowest BCUT2D eigenvalue weighted by Crippen LogP contribution is -2.34. The highest BCUT2D eigenvalue weighted by Crippen LogP contribution is 2.52. The standard InChI is InChI=1S/C26H26N2O6/c1-30-15-8-10-22(29)18(12-15)20-14-21-17-6-5-7-24(33-4)25(17)34-26(28(21)27-20)19-13-16(31-2)9-11-23(19)32-3/h5-13,21,26,29H,14H2,1-4H3/t21-,26-/m1/s1. The molecule has 0 saturated heterocycles. The van der Waals surface area contributed by atoms with E-state index in [1.54, 1.807) is 46.6 Å². The average Bonchev–Trinajstić information content (AvgIpc) is 3.33. The first-order chi connectivity index (χ1) is 16.6. The third-order valence-electron chi connectivity index (χ3n) is 6.22. The molecule has 3 aromatic rings. The van der Waals surface area contributed by atoms with Crippen molar-refractivity contribution in [2.75, 3.05) is 28.4 Å². The Hall–Kier alpha value is -4.07. The van der Waals surface area contributed by atoms with Gasteiger partial charge in [-0.15, -0.1) is 0 Å². The Kier molecular flexibility index (Phi) is 5.57. The number of benzene rings is 3. The van der Waals surface area contributed by atoms with Gasteiger partial charge in [0.2, 0.25) is 6.23 Å². The van der Waals surface area contributed by atoms with Crippen LogP contribution in [0.1, 0.15) is 35.4 Å². The molecule has 3 aromatic carbocycles. The molecule has 2 aliphatic heterocycles. The van der Waals surface area contributed by atoms with E-state index in [1.165, 1.54) is 0 Å². The van der Waals surface area contributed by atoms with E-state index in [9.17, 15) is 5.11 Å². The Labute approximate surface area is 197 Å². The summed E-state index contributed by atoms with van der Waals surface area (Å²) in [6.07, 6.45) is -0.0448. The third-order valence-corrected chi connectivity index (χ3v) is 6.22. The molecule has 0 saturated carbocycles. The number of nitrogens with zero attached hydrogens (tertiary/aromatic N) is 2. The van der Waals surface area contributed by atoms with Gasteiger partial charge in [-0.2, -0.15) is 5.10 Å². The predicted molar refractivity (Wildman–Crippen MR) is 126 cm³/mol. The van der Waals surface area contributed by atoms with Crippen LogP contribution in [0.2, 0.25) is 0 Å². The van der Waals surface area contributed by atoms with Crippen LogP contribution in [0, 0.1) is 0 Å². The minimum atomic E-state index is -0.607. The maximum absolute atomic E-state index is 10.6. The van der Waals surface area contributed by atoms with E-state index in [4.69, 9.17) is 28.8 Å². The van der Waals surface area contributed by atoms with Gasteiger partial charge in [-0.25, -0.2) is 5.01 Å². The highest BCUT2D eigenvalue weighted by atomic mass is 16.5. The van der Waals surface area contributed by atoms with Crippen LogP contribution in [-0.2, 0) is 0 Å².